The third-order valence-corrected chi connectivity index (χ3v) is 4.82. The molecule has 0 aromatic heterocycles. The maximum Gasteiger partial charge on any atom is 0.416 e. The van der Waals surface area contributed by atoms with Crippen LogP contribution in [0.4, 0.5) is 22.0 Å². The van der Waals surface area contributed by atoms with Gasteiger partial charge in [-0.3, -0.25) is 4.79 Å². The molecule has 0 spiro atoms. The van der Waals surface area contributed by atoms with Gasteiger partial charge in [-0.25, -0.2) is 8.78 Å². The van der Waals surface area contributed by atoms with Crippen LogP contribution in [0.5, 0.6) is 0 Å². The van der Waals surface area contributed by atoms with Gasteiger partial charge in [-0.1, -0.05) is 12.1 Å². The van der Waals surface area contributed by atoms with Gasteiger partial charge in [0.2, 0.25) is 5.78 Å². The number of hydrogen-bond donors (Lipinski definition) is 0. The van der Waals surface area contributed by atoms with Crippen LogP contribution in [-0.4, -0.2) is 22.7 Å². The van der Waals surface area contributed by atoms with Crippen LogP contribution >= 0.6 is 0 Å². The number of carbonyl (C=O) groups is 1. The van der Waals surface area contributed by atoms with E-state index in [0.717, 1.165) is 24.3 Å². The first-order chi connectivity index (χ1) is 10.1. The van der Waals surface area contributed by atoms with E-state index in [-0.39, 0.29) is 18.4 Å². The van der Waals surface area contributed by atoms with E-state index < -0.39 is 34.3 Å². The Kier molecular flexibility index (Phi) is 2.71. The number of carbonyl (C=O) groups excluding carboxylic acids is 1. The Labute approximate surface area is 121 Å². The first-order valence-corrected chi connectivity index (χ1v) is 6.38. The number of Topliss-reactive ketones (excluding diaryl/α,β-unsaturated/α-hetero) is 1. The summed E-state index contributed by atoms with van der Waals surface area (Å²) in [6.45, 7) is 0. The van der Waals surface area contributed by atoms with Crippen LogP contribution in [0.3, 0.4) is 0 Å². The molecule has 3 saturated carbocycles. The first-order valence-electron chi connectivity index (χ1n) is 6.38. The predicted octanol–water partition coefficient (Wildman–Crippen LogP) is 3.24. The second-order valence-corrected chi connectivity index (χ2v) is 5.78. The van der Waals surface area contributed by atoms with Crippen molar-refractivity contribution in [3.05, 3.63) is 40.9 Å². The molecular weight excluding hydrogens is 307 g/mol. The molecule has 3 aliphatic rings. The third-order valence-electron chi connectivity index (χ3n) is 4.82. The second-order valence-electron chi connectivity index (χ2n) is 5.78. The smallest absolute Gasteiger partial charge is 0.361 e. The summed E-state index contributed by atoms with van der Waals surface area (Å²) in [5.41, 5.74) is 3.98. The Bertz CT molecular complexity index is 695. The highest BCUT2D eigenvalue weighted by Crippen LogP contribution is 2.81. The van der Waals surface area contributed by atoms with Crippen molar-refractivity contribution in [3.63, 3.8) is 0 Å². The summed E-state index contributed by atoms with van der Waals surface area (Å²) in [7, 11) is 0. The van der Waals surface area contributed by atoms with Crippen LogP contribution in [0, 0.1) is 5.41 Å². The minimum Gasteiger partial charge on any atom is -0.361 e. The van der Waals surface area contributed by atoms with Gasteiger partial charge in [-0.15, -0.1) is 0 Å². The lowest BCUT2D eigenvalue weighted by Crippen LogP contribution is -2.84. The lowest BCUT2D eigenvalue weighted by atomic mass is 9.29. The number of ketones is 1. The molecule has 3 nitrogen and oxygen atoms in total. The van der Waals surface area contributed by atoms with Crippen molar-refractivity contribution in [2.75, 3.05) is 0 Å². The molecule has 0 unspecified atom stereocenters. The van der Waals surface area contributed by atoms with E-state index in [0.29, 0.717) is 6.21 Å². The van der Waals surface area contributed by atoms with E-state index in [1.807, 2.05) is 0 Å². The average Bonchev–Trinajstić information content (AvgIpc) is 2.37. The van der Waals surface area contributed by atoms with Gasteiger partial charge in [0, 0.05) is 0 Å². The summed E-state index contributed by atoms with van der Waals surface area (Å²) >= 11 is 0. The van der Waals surface area contributed by atoms with E-state index in [2.05, 4.69) is 4.79 Å². The van der Waals surface area contributed by atoms with Gasteiger partial charge in [-0.2, -0.15) is 18.0 Å². The van der Waals surface area contributed by atoms with Gasteiger partial charge in [-0.05, 0) is 30.5 Å². The number of rotatable bonds is 3. The highest BCUT2D eigenvalue weighted by Gasteiger charge is 2.91. The van der Waals surface area contributed by atoms with E-state index in [1.165, 1.54) is 0 Å². The monoisotopic (exact) mass is 316 g/mol. The molecule has 1 aromatic carbocycles. The standard InChI is InChI=1S/C14H9F5N2O/c15-13(16,17)9-3-1-8(2-4-9)11-6-12(7-11,14(11,18)19)10(22)5-21-20/h1-5H,6-7H2. The van der Waals surface area contributed by atoms with Gasteiger partial charge in [0.1, 0.15) is 5.41 Å². The zero-order valence-corrected chi connectivity index (χ0v) is 11.0. The molecule has 0 atom stereocenters. The minimum absolute atomic E-state index is 0.0844. The van der Waals surface area contributed by atoms with Crippen molar-refractivity contribution in [2.24, 2.45) is 5.41 Å². The highest BCUT2D eigenvalue weighted by molar-refractivity contribution is 6.29. The lowest BCUT2D eigenvalue weighted by Gasteiger charge is -2.73. The van der Waals surface area contributed by atoms with Crippen LogP contribution in [0.2, 0.25) is 0 Å². The largest absolute Gasteiger partial charge is 0.416 e. The topological polar surface area (TPSA) is 53.5 Å². The highest BCUT2D eigenvalue weighted by atomic mass is 19.4. The summed E-state index contributed by atoms with van der Waals surface area (Å²) in [5, 5.41) is 0. The molecule has 0 amide bonds. The van der Waals surface area contributed by atoms with Crippen LogP contribution in [-0.2, 0) is 16.4 Å². The van der Waals surface area contributed by atoms with Crippen molar-refractivity contribution < 1.29 is 31.5 Å². The number of halogens is 5. The number of hydrogen-bond acceptors (Lipinski definition) is 1. The lowest BCUT2D eigenvalue weighted by molar-refractivity contribution is -0.348. The molecule has 2 bridgehead atoms. The Balaban J connectivity index is 1.90. The predicted molar refractivity (Wildman–Crippen MR) is 64.4 cm³/mol. The molecule has 0 saturated heterocycles. The summed E-state index contributed by atoms with van der Waals surface area (Å²) in [5.74, 6) is -4.33. The summed E-state index contributed by atoms with van der Waals surface area (Å²) in [4.78, 5) is 14.1. The molecule has 1 aromatic rings. The number of nitrogens with zero attached hydrogens (tertiary/aromatic N) is 2. The molecular formula is C14H9F5N2O. The summed E-state index contributed by atoms with van der Waals surface area (Å²) in [6, 6.07) is 3.58. The fourth-order valence-corrected chi connectivity index (χ4v) is 3.54. The molecule has 0 radical (unpaired) electrons. The zero-order chi connectivity index (χ0) is 16.4. The van der Waals surface area contributed by atoms with Crippen molar-refractivity contribution in [1.29, 1.82) is 0 Å². The fraction of sp³-hybridized carbons (Fsp3) is 0.429. The summed E-state index contributed by atoms with van der Waals surface area (Å²) in [6.07, 6.45) is -4.41. The van der Waals surface area contributed by atoms with Crippen molar-refractivity contribution in [3.8, 4) is 0 Å². The van der Waals surface area contributed by atoms with Crippen molar-refractivity contribution in [2.45, 2.75) is 30.4 Å². The van der Waals surface area contributed by atoms with Crippen LogP contribution < -0.4 is 0 Å². The molecule has 0 heterocycles. The minimum atomic E-state index is -4.53. The Morgan fingerprint density at radius 2 is 1.73 bits per heavy atom. The Morgan fingerprint density at radius 1 is 1.18 bits per heavy atom. The van der Waals surface area contributed by atoms with Crippen LogP contribution in [0.25, 0.3) is 5.53 Å². The normalized spacial score (nSPS) is 31.5. The van der Waals surface area contributed by atoms with Gasteiger partial charge in [0.25, 0.3) is 5.92 Å². The van der Waals surface area contributed by atoms with Crippen LogP contribution in [0.15, 0.2) is 24.3 Å². The molecule has 0 aliphatic heterocycles. The Hall–Kier alpha value is -2.08. The van der Waals surface area contributed by atoms with E-state index in [9.17, 15) is 26.7 Å². The molecule has 116 valence electrons. The molecule has 22 heavy (non-hydrogen) atoms. The molecule has 3 aliphatic carbocycles. The van der Waals surface area contributed by atoms with Crippen molar-refractivity contribution >= 4 is 12.0 Å². The number of benzene rings is 1. The summed E-state index contributed by atoms with van der Waals surface area (Å²) < 4.78 is 66.1. The van der Waals surface area contributed by atoms with Gasteiger partial charge in [0.15, 0.2) is 0 Å². The molecule has 4 rings (SSSR count). The maximum atomic E-state index is 14.3. The Morgan fingerprint density at radius 3 is 2.14 bits per heavy atom. The van der Waals surface area contributed by atoms with Crippen LogP contribution in [0.1, 0.15) is 24.0 Å². The van der Waals surface area contributed by atoms with E-state index >= 15 is 0 Å². The van der Waals surface area contributed by atoms with Gasteiger partial charge in [0.05, 0.1) is 11.0 Å². The maximum absolute atomic E-state index is 14.3. The van der Waals surface area contributed by atoms with Gasteiger partial charge >= 0.3 is 12.4 Å². The quantitative estimate of drug-likeness (QED) is 0.365. The van der Waals surface area contributed by atoms with Gasteiger partial charge < -0.3 is 5.53 Å². The first kappa shape index (κ1) is 14.8. The number of alkyl halides is 5. The zero-order valence-electron chi connectivity index (χ0n) is 11.0. The van der Waals surface area contributed by atoms with E-state index in [1.54, 1.807) is 0 Å². The average molecular weight is 316 g/mol. The molecule has 8 heteroatoms. The molecule has 3 fully saturated rings. The molecule has 0 N–H and O–H groups in total. The fourth-order valence-electron chi connectivity index (χ4n) is 3.54. The van der Waals surface area contributed by atoms with Crippen molar-refractivity contribution in [1.82, 2.24) is 0 Å². The third kappa shape index (κ3) is 1.48. The second kappa shape index (κ2) is 4.01. The van der Waals surface area contributed by atoms with E-state index in [4.69, 9.17) is 5.53 Å². The SMILES string of the molecule is [N-]=[N+]=CC(=O)C12CC(c3ccc(C(F)(F)F)cc3)(C1)C2(F)F.